The molecule has 0 saturated carbocycles. The van der Waals surface area contributed by atoms with Gasteiger partial charge >= 0.3 is 0 Å². The topological polar surface area (TPSA) is 46.1 Å². The molecule has 3 aromatic rings. The lowest BCUT2D eigenvalue weighted by Crippen LogP contribution is -2.26. The minimum absolute atomic E-state index is 0.167. The second-order valence-electron chi connectivity index (χ2n) is 7.12. The number of carbonyl (C=O) groups is 1. The van der Waals surface area contributed by atoms with E-state index in [1.165, 1.54) is 20.3 Å². The number of para-hydroxylation sites is 1. The van der Waals surface area contributed by atoms with Crippen LogP contribution in [0.1, 0.15) is 47.0 Å². The second-order valence-corrected chi connectivity index (χ2v) is 7.52. The van der Waals surface area contributed by atoms with Crippen molar-refractivity contribution in [3.63, 3.8) is 0 Å². The standard InChI is InChI=1S/C21H24ClN3.C3H6O/c1-3-5-15-25(14-4-2)21-17-11-7-9-13-19(17)23-20(24-21)16-10-6-8-12-18(16)22;1-3(2)4/h6-13H,3-5,14-15H2,1-2H3;1-2H3. The van der Waals surface area contributed by atoms with Gasteiger partial charge in [0.1, 0.15) is 11.6 Å². The van der Waals surface area contributed by atoms with Crippen LogP contribution in [0.15, 0.2) is 48.5 Å². The van der Waals surface area contributed by atoms with Gasteiger partial charge in [-0.15, -0.1) is 0 Å². The molecule has 0 amide bonds. The molecule has 1 heterocycles. The van der Waals surface area contributed by atoms with Crippen LogP contribution in [0, 0.1) is 0 Å². The van der Waals surface area contributed by atoms with E-state index in [-0.39, 0.29) is 5.78 Å². The first-order chi connectivity index (χ1) is 14.0. The van der Waals surface area contributed by atoms with E-state index in [1.807, 2.05) is 42.5 Å². The average Bonchev–Trinajstić information content (AvgIpc) is 2.70. The predicted molar refractivity (Wildman–Crippen MR) is 124 cm³/mol. The van der Waals surface area contributed by atoms with E-state index in [1.54, 1.807) is 0 Å². The molecular weight excluding hydrogens is 382 g/mol. The zero-order valence-corrected chi connectivity index (χ0v) is 18.5. The summed E-state index contributed by atoms with van der Waals surface area (Å²) in [7, 11) is 0. The van der Waals surface area contributed by atoms with Crippen LogP contribution in [-0.4, -0.2) is 28.8 Å². The molecule has 0 N–H and O–H groups in total. The van der Waals surface area contributed by atoms with Gasteiger partial charge in [0.25, 0.3) is 0 Å². The Morgan fingerprint density at radius 2 is 1.59 bits per heavy atom. The van der Waals surface area contributed by atoms with E-state index in [2.05, 4.69) is 24.8 Å². The zero-order valence-electron chi connectivity index (χ0n) is 17.8. The first-order valence-electron chi connectivity index (χ1n) is 10.2. The molecular formula is C24H30ClN3O. The third-order valence-corrected chi connectivity index (χ3v) is 4.60. The van der Waals surface area contributed by atoms with Gasteiger partial charge in [0.05, 0.1) is 10.5 Å². The molecule has 0 radical (unpaired) electrons. The van der Waals surface area contributed by atoms with E-state index in [9.17, 15) is 4.79 Å². The number of Topliss-reactive ketones (excluding diaryl/α,β-unsaturated/α-hetero) is 1. The molecule has 0 aliphatic carbocycles. The Morgan fingerprint density at radius 1 is 0.931 bits per heavy atom. The van der Waals surface area contributed by atoms with Crippen LogP contribution in [-0.2, 0) is 4.79 Å². The van der Waals surface area contributed by atoms with Crippen LogP contribution in [0.25, 0.3) is 22.3 Å². The van der Waals surface area contributed by atoms with E-state index in [0.29, 0.717) is 10.8 Å². The number of rotatable bonds is 7. The fourth-order valence-corrected chi connectivity index (χ4v) is 3.23. The van der Waals surface area contributed by atoms with Crippen molar-refractivity contribution in [3.8, 4) is 11.4 Å². The van der Waals surface area contributed by atoms with Crippen molar-refractivity contribution in [2.45, 2.75) is 47.0 Å². The summed E-state index contributed by atoms with van der Waals surface area (Å²) in [6, 6.07) is 16.0. The van der Waals surface area contributed by atoms with Crippen molar-refractivity contribution in [2.24, 2.45) is 0 Å². The molecule has 0 aliphatic rings. The van der Waals surface area contributed by atoms with E-state index in [4.69, 9.17) is 21.6 Å². The summed E-state index contributed by atoms with van der Waals surface area (Å²) in [5.74, 6) is 1.87. The van der Waals surface area contributed by atoms with Crippen LogP contribution in [0.5, 0.6) is 0 Å². The predicted octanol–water partition coefficient (Wildman–Crippen LogP) is 6.56. The van der Waals surface area contributed by atoms with Gasteiger partial charge in [0, 0.05) is 24.0 Å². The minimum atomic E-state index is 0.167. The summed E-state index contributed by atoms with van der Waals surface area (Å²) in [6.07, 6.45) is 3.41. The molecule has 0 fully saturated rings. The van der Waals surface area contributed by atoms with Gasteiger partial charge in [0.2, 0.25) is 0 Å². The van der Waals surface area contributed by atoms with Gasteiger partial charge in [-0.05, 0) is 51.0 Å². The molecule has 0 atom stereocenters. The number of unbranched alkanes of at least 4 members (excludes halogenated alkanes) is 1. The Labute approximate surface area is 178 Å². The van der Waals surface area contributed by atoms with Gasteiger partial charge < -0.3 is 9.69 Å². The number of aromatic nitrogens is 2. The molecule has 3 rings (SSSR count). The van der Waals surface area contributed by atoms with Gasteiger partial charge in [-0.25, -0.2) is 9.97 Å². The van der Waals surface area contributed by atoms with Crippen LogP contribution < -0.4 is 4.90 Å². The number of halogens is 1. The summed E-state index contributed by atoms with van der Waals surface area (Å²) in [4.78, 5) is 21.5. The number of fused-ring (bicyclic) bond motifs is 1. The van der Waals surface area contributed by atoms with Crippen molar-refractivity contribution in [1.82, 2.24) is 9.97 Å². The third kappa shape index (κ3) is 6.53. The zero-order chi connectivity index (χ0) is 21.2. The maximum Gasteiger partial charge on any atom is 0.163 e. The fraction of sp³-hybridized carbons (Fsp3) is 0.375. The lowest BCUT2D eigenvalue weighted by molar-refractivity contribution is -0.114. The van der Waals surface area contributed by atoms with E-state index in [0.717, 1.165) is 48.2 Å². The summed E-state index contributed by atoms with van der Waals surface area (Å²) < 4.78 is 0. The molecule has 2 aromatic carbocycles. The number of hydrogen-bond donors (Lipinski definition) is 0. The van der Waals surface area contributed by atoms with E-state index < -0.39 is 0 Å². The number of hydrogen-bond acceptors (Lipinski definition) is 4. The fourth-order valence-electron chi connectivity index (χ4n) is 3.01. The molecule has 0 spiro atoms. The minimum Gasteiger partial charge on any atom is -0.356 e. The smallest absolute Gasteiger partial charge is 0.163 e. The SMILES string of the molecule is CC(C)=O.CCCCN(CCC)c1nc(-c2ccccc2Cl)nc2ccccc12. The van der Waals surface area contributed by atoms with Crippen LogP contribution >= 0.6 is 11.6 Å². The monoisotopic (exact) mass is 411 g/mol. The Hall–Kier alpha value is -2.46. The highest BCUT2D eigenvalue weighted by Crippen LogP contribution is 2.31. The number of ketones is 1. The van der Waals surface area contributed by atoms with Crippen LogP contribution in [0.4, 0.5) is 5.82 Å². The largest absolute Gasteiger partial charge is 0.356 e. The lowest BCUT2D eigenvalue weighted by Gasteiger charge is -2.25. The first-order valence-corrected chi connectivity index (χ1v) is 10.6. The quantitative estimate of drug-likeness (QED) is 0.441. The van der Waals surface area contributed by atoms with Gasteiger partial charge in [-0.1, -0.05) is 56.1 Å². The summed E-state index contributed by atoms with van der Waals surface area (Å²) in [5, 5.41) is 1.78. The Bertz CT molecular complexity index is 938. The maximum atomic E-state index is 9.44. The molecule has 0 bridgehead atoms. The molecule has 0 unspecified atom stereocenters. The highest BCUT2D eigenvalue weighted by Gasteiger charge is 2.15. The second kappa shape index (κ2) is 11.5. The Balaban J connectivity index is 0.000000687. The van der Waals surface area contributed by atoms with Crippen molar-refractivity contribution in [1.29, 1.82) is 0 Å². The third-order valence-electron chi connectivity index (χ3n) is 4.27. The van der Waals surface area contributed by atoms with Crippen molar-refractivity contribution < 1.29 is 4.79 Å². The van der Waals surface area contributed by atoms with Crippen LogP contribution in [0.3, 0.4) is 0 Å². The molecule has 154 valence electrons. The van der Waals surface area contributed by atoms with Crippen LogP contribution in [0.2, 0.25) is 5.02 Å². The highest BCUT2D eigenvalue weighted by molar-refractivity contribution is 6.33. The van der Waals surface area contributed by atoms with Crippen molar-refractivity contribution >= 4 is 34.1 Å². The summed E-state index contributed by atoms with van der Waals surface area (Å²) in [5.41, 5.74) is 1.84. The van der Waals surface area contributed by atoms with Gasteiger partial charge in [-0.2, -0.15) is 0 Å². The number of carbonyl (C=O) groups excluding carboxylic acids is 1. The number of anilines is 1. The average molecular weight is 412 g/mol. The van der Waals surface area contributed by atoms with Gasteiger partial charge in [0.15, 0.2) is 5.82 Å². The molecule has 5 heteroatoms. The summed E-state index contributed by atoms with van der Waals surface area (Å²) in [6.45, 7) is 9.48. The first kappa shape index (κ1) is 22.8. The van der Waals surface area contributed by atoms with E-state index >= 15 is 0 Å². The number of nitrogens with zero attached hydrogens (tertiary/aromatic N) is 3. The highest BCUT2D eigenvalue weighted by atomic mass is 35.5. The maximum absolute atomic E-state index is 9.44. The van der Waals surface area contributed by atoms with Gasteiger partial charge in [-0.3, -0.25) is 0 Å². The Kier molecular flexibility index (Phi) is 9.07. The molecule has 4 nitrogen and oxygen atoms in total. The number of benzene rings is 2. The summed E-state index contributed by atoms with van der Waals surface area (Å²) >= 11 is 6.39. The van der Waals surface area contributed by atoms with Crippen molar-refractivity contribution in [3.05, 3.63) is 53.6 Å². The molecule has 0 aliphatic heterocycles. The normalized spacial score (nSPS) is 10.4. The Morgan fingerprint density at radius 3 is 2.24 bits per heavy atom. The molecule has 29 heavy (non-hydrogen) atoms. The van der Waals surface area contributed by atoms with Crippen molar-refractivity contribution in [2.75, 3.05) is 18.0 Å². The molecule has 1 aromatic heterocycles. The molecule has 0 saturated heterocycles. The lowest BCUT2D eigenvalue weighted by atomic mass is 10.1.